The van der Waals surface area contributed by atoms with Crippen LogP contribution in [0.4, 0.5) is 8.78 Å². The van der Waals surface area contributed by atoms with Crippen LogP contribution in [0.2, 0.25) is 0 Å². The van der Waals surface area contributed by atoms with Gasteiger partial charge in [0.1, 0.15) is 11.6 Å². The van der Waals surface area contributed by atoms with E-state index < -0.39 is 17.7 Å². The highest BCUT2D eigenvalue weighted by atomic mass is 19.1. The van der Waals surface area contributed by atoms with Gasteiger partial charge in [0.2, 0.25) is 5.91 Å². The standard InChI is InChI=1S/C14H18F2N2O/c1-9(11-6-5-10(15)8-12(11)16)18-14(19)13-4-2-3-7-17-13/h5-6,8-9,13,17H,2-4,7H2,1H3,(H,18,19)/t9?,13-/m0/s1. The van der Waals surface area contributed by atoms with Crippen LogP contribution in [-0.2, 0) is 4.79 Å². The quantitative estimate of drug-likeness (QED) is 0.883. The minimum absolute atomic E-state index is 0.129. The molecule has 2 N–H and O–H groups in total. The monoisotopic (exact) mass is 268 g/mol. The van der Waals surface area contributed by atoms with Crippen LogP contribution in [-0.4, -0.2) is 18.5 Å². The van der Waals surface area contributed by atoms with E-state index in [1.54, 1.807) is 6.92 Å². The summed E-state index contributed by atoms with van der Waals surface area (Å²) in [5, 5.41) is 5.90. The molecule has 1 aromatic rings. The summed E-state index contributed by atoms with van der Waals surface area (Å²) in [6, 6.07) is 2.71. The molecule has 1 aliphatic heterocycles. The number of nitrogens with one attached hydrogen (secondary N) is 2. The van der Waals surface area contributed by atoms with Crippen molar-refractivity contribution in [2.24, 2.45) is 0 Å². The summed E-state index contributed by atoms with van der Waals surface area (Å²) < 4.78 is 26.4. The van der Waals surface area contributed by atoms with Gasteiger partial charge in [-0.2, -0.15) is 0 Å². The second-order valence-electron chi connectivity index (χ2n) is 4.90. The highest BCUT2D eigenvalue weighted by Crippen LogP contribution is 2.18. The second-order valence-corrected chi connectivity index (χ2v) is 4.90. The van der Waals surface area contributed by atoms with Crippen molar-refractivity contribution in [1.82, 2.24) is 10.6 Å². The Kier molecular flexibility index (Phi) is 4.47. The zero-order chi connectivity index (χ0) is 13.8. The summed E-state index contributed by atoms with van der Waals surface area (Å²) in [6.07, 6.45) is 2.89. The molecule has 0 spiro atoms. The largest absolute Gasteiger partial charge is 0.348 e. The van der Waals surface area contributed by atoms with Crippen LogP contribution in [0.25, 0.3) is 0 Å². The van der Waals surface area contributed by atoms with Crippen molar-refractivity contribution in [3.63, 3.8) is 0 Å². The first-order chi connectivity index (χ1) is 9.08. The molecule has 19 heavy (non-hydrogen) atoms. The summed E-state index contributed by atoms with van der Waals surface area (Å²) >= 11 is 0. The van der Waals surface area contributed by atoms with Crippen LogP contribution in [0.3, 0.4) is 0 Å². The predicted molar refractivity (Wildman–Crippen MR) is 68.6 cm³/mol. The number of benzene rings is 1. The first-order valence-electron chi connectivity index (χ1n) is 6.56. The zero-order valence-corrected chi connectivity index (χ0v) is 10.9. The van der Waals surface area contributed by atoms with E-state index in [9.17, 15) is 13.6 Å². The number of amides is 1. The normalized spacial score (nSPS) is 20.9. The molecule has 3 nitrogen and oxygen atoms in total. The smallest absolute Gasteiger partial charge is 0.237 e. The minimum Gasteiger partial charge on any atom is -0.348 e. The van der Waals surface area contributed by atoms with E-state index in [-0.39, 0.29) is 11.9 Å². The Morgan fingerprint density at radius 3 is 2.84 bits per heavy atom. The summed E-state index contributed by atoms with van der Waals surface area (Å²) in [4.78, 5) is 12.0. The van der Waals surface area contributed by atoms with Crippen molar-refractivity contribution in [2.45, 2.75) is 38.3 Å². The summed E-state index contributed by atoms with van der Waals surface area (Å²) in [5.41, 5.74) is 0.297. The Bertz CT molecular complexity index is 459. The maximum atomic E-state index is 13.6. The fraction of sp³-hybridized carbons (Fsp3) is 0.500. The zero-order valence-electron chi connectivity index (χ0n) is 10.9. The summed E-state index contributed by atoms with van der Waals surface area (Å²) in [7, 11) is 0. The Hall–Kier alpha value is -1.49. The second kappa shape index (κ2) is 6.10. The van der Waals surface area contributed by atoms with E-state index in [2.05, 4.69) is 10.6 Å². The molecule has 5 heteroatoms. The van der Waals surface area contributed by atoms with E-state index in [1.807, 2.05) is 0 Å². The van der Waals surface area contributed by atoms with Gasteiger partial charge in [-0.1, -0.05) is 12.5 Å². The molecule has 0 aromatic heterocycles. The molecule has 1 heterocycles. The molecule has 0 aliphatic carbocycles. The Morgan fingerprint density at radius 2 is 2.21 bits per heavy atom. The van der Waals surface area contributed by atoms with Crippen molar-refractivity contribution in [1.29, 1.82) is 0 Å². The topological polar surface area (TPSA) is 41.1 Å². The van der Waals surface area contributed by atoms with Gasteiger partial charge in [-0.05, 0) is 32.4 Å². The van der Waals surface area contributed by atoms with Gasteiger partial charge >= 0.3 is 0 Å². The molecule has 1 unspecified atom stereocenters. The summed E-state index contributed by atoms with van der Waals surface area (Å²) in [6.45, 7) is 2.52. The fourth-order valence-corrected chi connectivity index (χ4v) is 2.32. The maximum absolute atomic E-state index is 13.6. The average molecular weight is 268 g/mol. The molecule has 1 fully saturated rings. The van der Waals surface area contributed by atoms with Gasteiger partial charge in [0.05, 0.1) is 12.1 Å². The number of halogens is 2. The van der Waals surface area contributed by atoms with Crippen molar-refractivity contribution < 1.29 is 13.6 Å². The van der Waals surface area contributed by atoms with E-state index in [4.69, 9.17) is 0 Å². The van der Waals surface area contributed by atoms with E-state index in [1.165, 1.54) is 12.1 Å². The molecular weight excluding hydrogens is 250 g/mol. The molecule has 1 aliphatic rings. The molecule has 0 saturated carbocycles. The molecule has 1 aromatic carbocycles. The predicted octanol–water partition coefficient (Wildman–Crippen LogP) is 2.28. The van der Waals surface area contributed by atoms with E-state index in [0.717, 1.165) is 31.9 Å². The first-order valence-corrected chi connectivity index (χ1v) is 6.56. The maximum Gasteiger partial charge on any atom is 0.237 e. The van der Waals surface area contributed by atoms with Gasteiger partial charge in [-0.15, -0.1) is 0 Å². The molecule has 1 amide bonds. The van der Waals surface area contributed by atoms with E-state index >= 15 is 0 Å². The van der Waals surface area contributed by atoms with Gasteiger partial charge in [-0.25, -0.2) is 8.78 Å². The Morgan fingerprint density at radius 1 is 1.42 bits per heavy atom. The lowest BCUT2D eigenvalue weighted by atomic mass is 10.0. The fourth-order valence-electron chi connectivity index (χ4n) is 2.32. The number of piperidine rings is 1. The van der Waals surface area contributed by atoms with Gasteiger partial charge in [-0.3, -0.25) is 4.79 Å². The first kappa shape index (κ1) is 13.9. The molecular formula is C14H18F2N2O. The SMILES string of the molecule is CC(NC(=O)[C@@H]1CCCCN1)c1ccc(F)cc1F. The van der Waals surface area contributed by atoms with Crippen LogP contribution in [0.1, 0.15) is 37.8 Å². The van der Waals surface area contributed by atoms with Gasteiger partial charge in [0, 0.05) is 11.6 Å². The number of carbonyl (C=O) groups is 1. The number of hydrogen-bond donors (Lipinski definition) is 2. The van der Waals surface area contributed by atoms with Crippen LogP contribution < -0.4 is 10.6 Å². The van der Waals surface area contributed by atoms with Crippen molar-refractivity contribution in [2.75, 3.05) is 6.54 Å². The van der Waals surface area contributed by atoms with E-state index in [0.29, 0.717) is 5.56 Å². The Labute approximate surface area is 111 Å². The third-order valence-corrected chi connectivity index (χ3v) is 3.41. The lowest BCUT2D eigenvalue weighted by molar-refractivity contribution is -0.124. The van der Waals surface area contributed by atoms with Crippen molar-refractivity contribution in [3.8, 4) is 0 Å². The Balaban J connectivity index is 1.99. The van der Waals surface area contributed by atoms with Gasteiger partial charge in [0.25, 0.3) is 0 Å². The molecule has 2 atom stereocenters. The molecule has 2 rings (SSSR count). The van der Waals surface area contributed by atoms with Gasteiger partial charge in [0.15, 0.2) is 0 Å². The highest BCUT2D eigenvalue weighted by molar-refractivity contribution is 5.82. The average Bonchev–Trinajstić information content (AvgIpc) is 2.39. The molecule has 1 saturated heterocycles. The molecule has 0 bridgehead atoms. The van der Waals surface area contributed by atoms with Crippen LogP contribution in [0, 0.1) is 11.6 Å². The van der Waals surface area contributed by atoms with Crippen LogP contribution in [0.15, 0.2) is 18.2 Å². The number of hydrogen-bond acceptors (Lipinski definition) is 2. The number of rotatable bonds is 3. The third kappa shape index (κ3) is 3.50. The summed E-state index contributed by atoms with van der Waals surface area (Å²) in [5.74, 6) is -1.38. The lowest BCUT2D eigenvalue weighted by Gasteiger charge is -2.24. The van der Waals surface area contributed by atoms with Gasteiger partial charge < -0.3 is 10.6 Å². The highest BCUT2D eigenvalue weighted by Gasteiger charge is 2.22. The molecule has 0 radical (unpaired) electrons. The molecule has 104 valence electrons. The van der Waals surface area contributed by atoms with Crippen LogP contribution >= 0.6 is 0 Å². The number of carbonyl (C=O) groups excluding carboxylic acids is 1. The lowest BCUT2D eigenvalue weighted by Crippen LogP contribution is -2.47. The minimum atomic E-state index is -0.635. The third-order valence-electron chi connectivity index (χ3n) is 3.41. The van der Waals surface area contributed by atoms with Crippen LogP contribution in [0.5, 0.6) is 0 Å². The van der Waals surface area contributed by atoms with Crippen molar-refractivity contribution >= 4 is 5.91 Å². The van der Waals surface area contributed by atoms with Crippen molar-refractivity contribution in [3.05, 3.63) is 35.4 Å².